The van der Waals surface area contributed by atoms with Gasteiger partial charge in [-0.05, 0) is 0 Å². The zero-order chi connectivity index (χ0) is 6.69. The van der Waals surface area contributed by atoms with Crippen LogP contribution in [0.2, 0.25) is 0 Å². The molecule has 0 aliphatic carbocycles. The van der Waals surface area contributed by atoms with Gasteiger partial charge in [0, 0.05) is 0 Å². The van der Waals surface area contributed by atoms with Gasteiger partial charge in [-0.25, -0.2) is 0 Å². The third kappa shape index (κ3) is 1.85. The van der Waals surface area contributed by atoms with Gasteiger partial charge in [0.05, 0.1) is 0 Å². The molecule has 9 heavy (non-hydrogen) atoms. The predicted molar refractivity (Wildman–Crippen MR) is 34.1 cm³/mol. The molecule has 44 valence electrons. The van der Waals surface area contributed by atoms with Crippen molar-refractivity contribution in [3.05, 3.63) is 29.6 Å². The van der Waals surface area contributed by atoms with Crippen LogP contribution in [0.25, 0.3) is 0 Å². The van der Waals surface area contributed by atoms with Gasteiger partial charge < -0.3 is 0 Å². The topological polar surface area (TPSA) is 12.9 Å². The molecule has 0 spiro atoms. The van der Waals surface area contributed by atoms with Gasteiger partial charge >= 0.3 is 65.8 Å². The molecule has 0 saturated carbocycles. The van der Waals surface area contributed by atoms with Gasteiger partial charge in [-0.3, -0.25) is 0 Å². The average Bonchev–Trinajstić information content (AvgIpc) is 1.90. The van der Waals surface area contributed by atoms with E-state index in [-0.39, 0.29) is 0 Å². The van der Waals surface area contributed by atoms with Gasteiger partial charge in [0.2, 0.25) is 0 Å². The molecule has 0 unspecified atom stereocenters. The molecule has 1 nitrogen and oxygen atoms in total. The second-order valence-electron chi connectivity index (χ2n) is 1.90. The zero-order valence-electron chi connectivity index (χ0n) is 5.26. The summed E-state index contributed by atoms with van der Waals surface area (Å²) in [5.41, 5.74) is 2.25. The number of aromatic nitrogens is 1. The normalized spacial score (nSPS) is 8.89. The van der Waals surface area contributed by atoms with Crippen molar-refractivity contribution in [3.8, 4) is 0 Å². The maximum absolute atomic E-state index is 4.14. The Kier molecular flexibility index (Phi) is 2.32. The first-order valence-electron chi connectivity index (χ1n) is 2.76. The van der Waals surface area contributed by atoms with E-state index in [1.807, 2.05) is 43.5 Å². The number of aryl methyl sites for hydroxylation is 1. The molecule has 0 saturated heterocycles. The van der Waals surface area contributed by atoms with E-state index < -0.39 is 0 Å². The second-order valence-corrected chi connectivity index (χ2v) is 2.36. The molecule has 0 aliphatic heterocycles. The summed E-state index contributed by atoms with van der Waals surface area (Å²) < 4.78 is 1.99. The molecule has 0 amide bonds. The van der Waals surface area contributed by atoms with Crippen LogP contribution >= 0.6 is 0 Å². The average molecular weight is 153 g/mol. The molecule has 0 aromatic carbocycles. The molecule has 1 aromatic rings. The summed E-state index contributed by atoms with van der Waals surface area (Å²) >= 11 is 1.98. The Bertz CT molecular complexity index is 203. The van der Waals surface area contributed by atoms with Crippen LogP contribution in [0.5, 0.6) is 0 Å². The van der Waals surface area contributed by atoms with Crippen LogP contribution in [0.15, 0.2) is 18.3 Å². The van der Waals surface area contributed by atoms with Crippen LogP contribution in [0.3, 0.4) is 0 Å². The quantitative estimate of drug-likeness (QED) is 0.550. The first-order valence-corrected chi connectivity index (χ1v) is 3.66. The van der Waals surface area contributed by atoms with Crippen LogP contribution in [0, 0.1) is 6.92 Å². The number of hydrogen-bond donors (Lipinski definition) is 0. The molecule has 0 atom stereocenters. The summed E-state index contributed by atoms with van der Waals surface area (Å²) in [4.78, 5) is 4.14. The third-order valence-corrected chi connectivity index (χ3v) is 1.54. The van der Waals surface area contributed by atoms with Crippen molar-refractivity contribution in [1.82, 2.24) is 4.98 Å². The first-order chi connectivity index (χ1) is 4.33. The van der Waals surface area contributed by atoms with Crippen molar-refractivity contribution in [2.75, 3.05) is 0 Å². The van der Waals surface area contributed by atoms with Gasteiger partial charge in [0.25, 0.3) is 0 Å². The Morgan fingerprint density at radius 3 is 2.78 bits per heavy atom. The standard InChI is InChI=1S/C7H7N.Ti/c1-6-3-4-7(2)8-5-6;/h2-5H,1H3;. The Morgan fingerprint density at radius 1 is 1.56 bits per heavy atom. The Hall–Kier alpha value is -0.266. The summed E-state index contributed by atoms with van der Waals surface area (Å²) in [5.74, 6) is 0. The minimum atomic E-state index is 1.04. The fourth-order valence-corrected chi connectivity index (χ4v) is 0.831. The van der Waals surface area contributed by atoms with E-state index in [2.05, 4.69) is 11.1 Å². The Labute approximate surface area is 66.0 Å². The number of nitrogens with zero attached hydrogens (tertiary/aromatic N) is 1. The molecule has 0 bridgehead atoms. The van der Waals surface area contributed by atoms with E-state index in [1.54, 1.807) is 0 Å². The van der Waals surface area contributed by atoms with Crippen molar-refractivity contribution in [1.29, 1.82) is 0 Å². The molecule has 1 heterocycles. The first kappa shape index (κ1) is 6.85. The van der Waals surface area contributed by atoms with Gasteiger partial charge in [0.15, 0.2) is 0 Å². The second kappa shape index (κ2) is 3.04. The summed E-state index contributed by atoms with van der Waals surface area (Å²) in [7, 11) is 0. The summed E-state index contributed by atoms with van der Waals surface area (Å²) in [6.07, 6.45) is 1.87. The van der Waals surface area contributed by atoms with Crippen LogP contribution in [0.4, 0.5) is 0 Å². The van der Waals surface area contributed by atoms with Gasteiger partial charge in [-0.2, -0.15) is 0 Å². The van der Waals surface area contributed by atoms with Gasteiger partial charge in [0.1, 0.15) is 0 Å². The predicted octanol–water partition coefficient (Wildman–Crippen LogP) is 1.09. The van der Waals surface area contributed by atoms with Crippen molar-refractivity contribution < 1.29 is 20.0 Å². The van der Waals surface area contributed by atoms with E-state index in [1.165, 1.54) is 5.56 Å². The zero-order valence-corrected chi connectivity index (χ0v) is 6.82. The van der Waals surface area contributed by atoms with E-state index >= 15 is 0 Å². The monoisotopic (exact) mass is 153 g/mol. The van der Waals surface area contributed by atoms with Gasteiger partial charge in [-0.1, -0.05) is 0 Å². The van der Waals surface area contributed by atoms with Crippen LogP contribution < -0.4 is 0 Å². The maximum atomic E-state index is 4.14. The summed E-state index contributed by atoms with van der Waals surface area (Å²) in [6.45, 7) is 2.03. The molecular formula is C7H7NTi. The van der Waals surface area contributed by atoms with E-state index in [0.717, 1.165) is 5.69 Å². The molecule has 1 rings (SSSR count). The van der Waals surface area contributed by atoms with E-state index in [9.17, 15) is 0 Å². The summed E-state index contributed by atoms with van der Waals surface area (Å²) in [5, 5.41) is 0. The molecule has 0 fully saturated rings. The SMILES string of the molecule is Cc1ccc([CH]=[Ti])nc1. The number of hydrogen-bond acceptors (Lipinski definition) is 1. The fourth-order valence-electron chi connectivity index (χ4n) is 0.565. The molecular weight excluding hydrogens is 146 g/mol. The Balaban J connectivity index is 3.01. The number of pyridine rings is 1. The molecule has 0 radical (unpaired) electrons. The minimum absolute atomic E-state index is 1.04. The molecule has 0 N–H and O–H groups in total. The summed E-state index contributed by atoms with van der Waals surface area (Å²) in [6, 6.07) is 4.07. The third-order valence-electron chi connectivity index (χ3n) is 1.08. The molecule has 1 aromatic heterocycles. The van der Waals surface area contributed by atoms with Crippen molar-refractivity contribution >= 4 is 4.31 Å². The van der Waals surface area contributed by atoms with Crippen LogP contribution in [0.1, 0.15) is 11.3 Å². The molecule has 2 heteroatoms. The number of rotatable bonds is 1. The van der Waals surface area contributed by atoms with Gasteiger partial charge in [-0.15, -0.1) is 0 Å². The fraction of sp³-hybridized carbons (Fsp3) is 0.143. The van der Waals surface area contributed by atoms with Crippen LogP contribution in [-0.2, 0) is 20.0 Å². The van der Waals surface area contributed by atoms with Crippen molar-refractivity contribution in [2.24, 2.45) is 0 Å². The van der Waals surface area contributed by atoms with Crippen molar-refractivity contribution in [3.63, 3.8) is 0 Å². The van der Waals surface area contributed by atoms with Crippen molar-refractivity contribution in [2.45, 2.75) is 6.92 Å². The molecule has 0 aliphatic rings. The Morgan fingerprint density at radius 2 is 2.33 bits per heavy atom. The van der Waals surface area contributed by atoms with E-state index in [4.69, 9.17) is 0 Å². The van der Waals surface area contributed by atoms with E-state index in [0.29, 0.717) is 0 Å². The van der Waals surface area contributed by atoms with Crippen LogP contribution in [-0.4, -0.2) is 9.30 Å².